The van der Waals surface area contributed by atoms with Gasteiger partial charge in [-0.15, -0.1) is 11.3 Å². The van der Waals surface area contributed by atoms with Gasteiger partial charge in [-0.3, -0.25) is 10.1 Å². The lowest BCUT2D eigenvalue weighted by Gasteiger charge is -2.29. The number of nitrogens with zero attached hydrogens (tertiary/aromatic N) is 1. The minimum absolute atomic E-state index is 0.196. The first-order valence-electron chi connectivity index (χ1n) is 5.80. The van der Waals surface area contributed by atoms with Gasteiger partial charge in [-0.2, -0.15) is 0 Å². The van der Waals surface area contributed by atoms with E-state index in [-0.39, 0.29) is 15.2 Å². The van der Waals surface area contributed by atoms with Crippen LogP contribution in [0.1, 0.15) is 26.7 Å². The predicted molar refractivity (Wildman–Crippen MR) is 76.7 cm³/mol. The first-order valence-corrected chi connectivity index (χ1v) is 8.47. The maximum atomic E-state index is 12.2. The Bertz CT molecular complexity index is 587. The molecule has 2 N–H and O–H groups in total. The molecule has 1 aromatic rings. The summed E-state index contributed by atoms with van der Waals surface area (Å²) in [4.78, 5) is 9.95. The number of halogens is 1. The molecule has 0 radical (unpaired) electrons. The van der Waals surface area contributed by atoms with Gasteiger partial charge in [0, 0.05) is 6.07 Å². The van der Waals surface area contributed by atoms with Crippen molar-refractivity contribution in [2.75, 3.05) is 6.61 Å². The fraction of sp³-hybridized carbons (Fsp3) is 0.600. The number of hydrogen-bond donors (Lipinski definition) is 2. The van der Waals surface area contributed by atoms with E-state index >= 15 is 0 Å². The maximum Gasteiger partial charge on any atom is 0.300 e. The summed E-state index contributed by atoms with van der Waals surface area (Å²) in [5, 5.41) is 20.1. The molecule has 0 aliphatic heterocycles. The van der Waals surface area contributed by atoms with Crippen molar-refractivity contribution in [1.82, 2.24) is 4.72 Å². The first-order chi connectivity index (χ1) is 9.21. The largest absolute Gasteiger partial charge is 0.394 e. The normalized spacial score (nSPS) is 12.6. The van der Waals surface area contributed by atoms with Crippen molar-refractivity contribution in [2.24, 2.45) is 0 Å². The fourth-order valence-corrected chi connectivity index (χ4v) is 4.78. The third kappa shape index (κ3) is 3.47. The summed E-state index contributed by atoms with van der Waals surface area (Å²) < 4.78 is 26.4. The van der Waals surface area contributed by atoms with Crippen molar-refractivity contribution in [3.05, 3.63) is 20.5 Å². The molecular weight excluding hydrogens is 328 g/mol. The van der Waals surface area contributed by atoms with Gasteiger partial charge < -0.3 is 5.11 Å². The van der Waals surface area contributed by atoms with Crippen molar-refractivity contribution >= 4 is 38.6 Å². The van der Waals surface area contributed by atoms with E-state index in [1.54, 1.807) is 13.8 Å². The minimum atomic E-state index is -3.97. The van der Waals surface area contributed by atoms with Gasteiger partial charge in [0.25, 0.3) is 15.7 Å². The van der Waals surface area contributed by atoms with E-state index in [1.165, 1.54) is 0 Å². The third-order valence-corrected chi connectivity index (χ3v) is 6.50. The number of rotatable bonds is 7. The predicted octanol–water partition coefficient (Wildman–Crippen LogP) is 2.14. The highest BCUT2D eigenvalue weighted by Crippen LogP contribution is 2.36. The molecule has 0 bridgehead atoms. The van der Waals surface area contributed by atoms with E-state index in [9.17, 15) is 23.6 Å². The Labute approximate surface area is 125 Å². The van der Waals surface area contributed by atoms with E-state index < -0.39 is 26.2 Å². The summed E-state index contributed by atoms with van der Waals surface area (Å²) in [6, 6.07) is 0.919. The highest BCUT2D eigenvalue weighted by molar-refractivity contribution is 7.91. The zero-order valence-corrected chi connectivity index (χ0v) is 13.3. The lowest BCUT2D eigenvalue weighted by atomic mass is 9.96. The molecule has 0 amide bonds. The first kappa shape index (κ1) is 17.3. The number of aliphatic hydroxyl groups is 1. The molecule has 0 saturated heterocycles. The number of aliphatic hydroxyl groups excluding tert-OH is 1. The standard InChI is InChI=1S/C10H15ClN2O5S2/c1-3-10(4-2,6-14)12-20(17,18)8-5-7(13(15)16)9(11)19-8/h5,12,14H,3-4,6H2,1-2H3. The topological polar surface area (TPSA) is 110 Å². The van der Waals surface area contributed by atoms with Gasteiger partial charge in [-0.05, 0) is 12.8 Å². The number of sulfonamides is 1. The van der Waals surface area contributed by atoms with Gasteiger partial charge in [-0.25, -0.2) is 13.1 Å². The molecule has 0 fully saturated rings. The molecule has 114 valence electrons. The molecule has 0 aliphatic carbocycles. The minimum Gasteiger partial charge on any atom is -0.394 e. The van der Waals surface area contributed by atoms with E-state index in [4.69, 9.17) is 11.6 Å². The Balaban J connectivity index is 3.17. The molecule has 0 spiro atoms. The molecule has 20 heavy (non-hydrogen) atoms. The number of nitrogens with one attached hydrogen (secondary N) is 1. The summed E-state index contributed by atoms with van der Waals surface area (Å²) in [5.41, 5.74) is -1.43. The second-order valence-electron chi connectivity index (χ2n) is 4.23. The zero-order valence-electron chi connectivity index (χ0n) is 10.9. The van der Waals surface area contributed by atoms with Crippen LogP contribution in [0, 0.1) is 10.1 Å². The monoisotopic (exact) mass is 342 g/mol. The van der Waals surface area contributed by atoms with Crippen LogP contribution in [0.2, 0.25) is 4.34 Å². The summed E-state index contributed by atoms with van der Waals surface area (Å²) in [5.74, 6) is 0. The highest BCUT2D eigenvalue weighted by atomic mass is 35.5. The summed E-state index contributed by atoms with van der Waals surface area (Å²) in [6.07, 6.45) is 0.779. The van der Waals surface area contributed by atoms with Crippen molar-refractivity contribution in [3.63, 3.8) is 0 Å². The summed E-state index contributed by atoms with van der Waals surface area (Å²) >= 11 is 6.27. The lowest BCUT2D eigenvalue weighted by Crippen LogP contribution is -2.50. The second-order valence-corrected chi connectivity index (χ2v) is 7.80. The maximum absolute atomic E-state index is 12.2. The van der Waals surface area contributed by atoms with Gasteiger partial charge in [0.1, 0.15) is 4.21 Å². The van der Waals surface area contributed by atoms with Gasteiger partial charge >= 0.3 is 0 Å². The van der Waals surface area contributed by atoms with E-state index in [1.807, 2.05) is 0 Å². The lowest BCUT2D eigenvalue weighted by molar-refractivity contribution is -0.384. The smallest absolute Gasteiger partial charge is 0.300 e. The summed E-state index contributed by atoms with van der Waals surface area (Å²) in [6.45, 7) is 3.12. The van der Waals surface area contributed by atoms with Crippen LogP contribution < -0.4 is 4.72 Å². The van der Waals surface area contributed by atoms with E-state index in [0.29, 0.717) is 24.2 Å². The van der Waals surface area contributed by atoms with Crippen molar-refractivity contribution < 1.29 is 18.4 Å². The molecule has 0 saturated carbocycles. The van der Waals surface area contributed by atoms with Crippen LogP contribution in [0.25, 0.3) is 0 Å². The third-order valence-electron chi connectivity index (χ3n) is 3.11. The highest BCUT2D eigenvalue weighted by Gasteiger charge is 2.34. The molecule has 10 heteroatoms. The van der Waals surface area contributed by atoms with E-state index in [0.717, 1.165) is 6.07 Å². The van der Waals surface area contributed by atoms with Crippen molar-refractivity contribution in [3.8, 4) is 0 Å². The van der Waals surface area contributed by atoms with Crippen molar-refractivity contribution in [1.29, 1.82) is 0 Å². The van der Waals surface area contributed by atoms with Gasteiger partial charge in [0.2, 0.25) is 0 Å². The molecule has 0 aromatic carbocycles. The van der Waals surface area contributed by atoms with Crippen LogP contribution in [0.4, 0.5) is 5.69 Å². The Hall–Kier alpha value is -0.740. The molecule has 0 atom stereocenters. The van der Waals surface area contributed by atoms with E-state index in [2.05, 4.69) is 4.72 Å². The van der Waals surface area contributed by atoms with Crippen LogP contribution in [0.15, 0.2) is 10.3 Å². The molecule has 0 unspecified atom stereocenters. The van der Waals surface area contributed by atoms with Crippen molar-refractivity contribution in [2.45, 2.75) is 36.4 Å². The Kier molecular flexibility index (Phi) is 5.50. The average molecular weight is 343 g/mol. The van der Waals surface area contributed by atoms with Crippen LogP contribution >= 0.6 is 22.9 Å². The average Bonchev–Trinajstić information content (AvgIpc) is 2.79. The molecule has 1 aromatic heterocycles. The Morgan fingerprint density at radius 2 is 2.05 bits per heavy atom. The van der Waals surface area contributed by atoms with Gasteiger partial charge in [0.15, 0.2) is 4.34 Å². The SMILES string of the molecule is CCC(CC)(CO)NS(=O)(=O)c1cc([N+](=O)[O-])c(Cl)s1. The Morgan fingerprint density at radius 3 is 2.40 bits per heavy atom. The molecule has 0 aliphatic rings. The van der Waals surface area contributed by atoms with Crippen LogP contribution in [-0.4, -0.2) is 30.6 Å². The molecule has 1 rings (SSSR count). The van der Waals surface area contributed by atoms with Crippen LogP contribution in [0.5, 0.6) is 0 Å². The molecular formula is C10H15ClN2O5S2. The fourth-order valence-electron chi connectivity index (χ4n) is 1.58. The van der Waals surface area contributed by atoms with Gasteiger partial charge in [0.05, 0.1) is 17.1 Å². The molecule has 7 nitrogen and oxygen atoms in total. The molecule has 1 heterocycles. The van der Waals surface area contributed by atoms with Crippen LogP contribution in [0.3, 0.4) is 0 Å². The van der Waals surface area contributed by atoms with Crippen LogP contribution in [-0.2, 0) is 10.0 Å². The summed E-state index contributed by atoms with van der Waals surface area (Å²) in [7, 11) is -3.97. The second kappa shape index (κ2) is 6.35. The van der Waals surface area contributed by atoms with Gasteiger partial charge in [-0.1, -0.05) is 25.4 Å². The number of nitro groups is 1. The zero-order chi connectivity index (χ0) is 15.6. The number of thiophene rings is 1. The quantitative estimate of drug-likeness (QED) is 0.582. The number of hydrogen-bond acceptors (Lipinski definition) is 6. The Morgan fingerprint density at radius 1 is 1.50 bits per heavy atom.